The zero-order chi connectivity index (χ0) is 13.8. The Morgan fingerprint density at radius 1 is 1.26 bits per heavy atom. The molecule has 0 spiro atoms. The van der Waals surface area contributed by atoms with Crippen LogP contribution in [0.1, 0.15) is 21.5 Å². The van der Waals surface area contributed by atoms with Crippen LogP contribution in [0.5, 0.6) is 0 Å². The Kier molecular flexibility index (Phi) is 4.66. The van der Waals surface area contributed by atoms with Crippen molar-refractivity contribution >= 4 is 34.5 Å². The lowest BCUT2D eigenvalue weighted by molar-refractivity contribution is 0.0950. The van der Waals surface area contributed by atoms with Crippen LogP contribution in [0.15, 0.2) is 51.8 Å². The van der Waals surface area contributed by atoms with Gasteiger partial charge in [0, 0.05) is 21.5 Å². The lowest BCUT2D eigenvalue weighted by Gasteiger charge is -2.08. The van der Waals surface area contributed by atoms with Crippen molar-refractivity contribution in [2.45, 2.75) is 18.4 Å². The number of halogens is 1. The molecule has 0 aliphatic carbocycles. The summed E-state index contributed by atoms with van der Waals surface area (Å²) in [5.41, 5.74) is 2.68. The molecule has 2 aromatic carbocycles. The molecule has 2 aromatic rings. The van der Waals surface area contributed by atoms with Crippen LogP contribution in [-0.4, -0.2) is 5.91 Å². The van der Waals surface area contributed by atoms with Crippen molar-refractivity contribution in [3.05, 3.63) is 63.6 Å². The molecular weight excluding hydrogens is 322 g/mol. The lowest BCUT2D eigenvalue weighted by atomic mass is 10.1. The van der Waals surface area contributed by atoms with Crippen LogP contribution in [0.25, 0.3) is 0 Å². The molecule has 0 aliphatic heterocycles. The van der Waals surface area contributed by atoms with Crippen molar-refractivity contribution in [1.82, 2.24) is 5.32 Å². The maximum atomic E-state index is 12.1. The lowest BCUT2D eigenvalue weighted by Crippen LogP contribution is -2.23. The summed E-state index contributed by atoms with van der Waals surface area (Å²) in [5.74, 6) is -0.0756. The highest BCUT2D eigenvalue weighted by molar-refractivity contribution is 9.10. The van der Waals surface area contributed by atoms with E-state index in [1.165, 1.54) is 0 Å². The minimum Gasteiger partial charge on any atom is -0.348 e. The van der Waals surface area contributed by atoms with Gasteiger partial charge in [-0.1, -0.05) is 34.1 Å². The monoisotopic (exact) mass is 335 g/mol. The molecule has 0 heterocycles. The van der Waals surface area contributed by atoms with Crippen molar-refractivity contribution < 1.29 is 4.79 Å². The van der Waals surface area contributed by atoms with E-state index in [0.29, 0.717) is 12.1 Å². The van der Waals surface area contributed by atoms with Gasteiger partial charge in [0.05, 0.1) is 0 Å². The van der Waals surface area contributed by atoms with E-state index >= 15 is 0 Å². The van der Waals surface area contributed by atoms with Crippen LogP contribution in [0.4, 0.5) is 0 Å². The van der Waals surface area contributed by atoms with Crippen molar-refractivity contribution in [2.24, 2.45) is 0 Å². The van der Waals surface area contributed by atoms with Gasteiger partial charge >= 0.3 is 0 Å². The molecule has 98 valence electrons. The van der Waals surface area contributed by atoms with E-state index in [-0.39, 0.29) is 5.91 Å². The smallest absolute Gasteiger partial charge is 0.251 e. The molecule has 2 nitrogen and oxygen atoms in total. The maximum Gasteiger partial charge on any atom is 0.251 e. The van der Waals surface area contributed by atoms with Gasteiger partial charge in [0.15, 0.2) is 0 Å². The number of nitrogens with one attached hydrogen (secondary N) is 1. The topological polar surface area (TPSA) is 29.1 Å². The van der Waals surface area contributed by atoms with Gasteiger partial charge in [0.2, 0.25) is 0 Å². The van der Waals surface area contributed by atoms with E-state index in [4.69, 9.17) is 0 Å². The van der Waals surface area contributed by atoms with E-state index in [2.05, 4.69) is 33.9 Å². The molecule has 1 amide bonds. The predicted molar refractivity (Wildman–Crippen MR) is 83.7 cm³/mol. The number of thiol groups is 1. The van der Waals surface area contributed by atoms with E-state index in [0.717, 1.165) is 20.5 Å². The summed E-state index contributed by atoms with van der Waals surface area (Å²) in [4.78, 5) is 12.9. The molecule has 1 N–H and O–H groups in total. The summed E-state index contributed by atoms with van der Waals surface area (Å²) in [6.45, 7) is 2.43. The van der Waals surface area contributed by atoms with Crippen LogP contribution in [0.3, 0.4) is 0 Å². The van der Waals surface area contributed by atoms with Crippen molar-refractivity contribution in [3.63, 3.8) is 0 Å². The third kappa shape index (κ3) is 3.85. The zero-order valence-corrected chi connectivity index (χ0v) is 13.0. The molecule has 4 heteroatoms. The Hall–Kier alpha value is -1.26. The third-order valence-electron chi connectivity index (χ3n) is 2.81. The maximum absolute atomic E-state index is 12.1. The fourth-order valence-corrected chi connectivity index (χ4v) is 2.43. The van der Waals surface area contributed by atoms with Crippen LogP contribution < -0.4 is 5.32 Å². The van der Waals surface area contributed by atoms with Gasteiger partial charge in [-0.15, -0.1) is 12.6 Å². The number of hydrogen-bond acceptors (Lipinski definition) is 2. The van der Waals surface area contributed by atoms with Crippen LogP contribution in [0, 0.1) is 6.92 Å². The Morgan fingerprint density at radius 3 is 2.79 bits per heavy atom. The molecule has 0 saturated carbocycles. The summed E-state index contributed by atoms with van der Waals surface area (Å²) >= 11 is 7.67. The van der Waals surface area contributed by atoms with Gasteiger partial charge < -0.3 is 5.32 Å². The average Bonchev–Trinajstić information content (AvgIpc) is 2.39. The molecule has 0 fully saturated rings. The quantitative estimate of drug-likeness (QED) is 0.816. The van der Waals surface area contributed by atoms with Gasteiger partial charge in [-0.3, -0.25) is 4.79 Å². The summed E-state index contributed by atoms with van der Waals surface area (Å²) in [6, 6.07) is 13.4. The second-order valence-corrected chi connectivity index (χ2v) is 5.74. The average molecular weight is 336 g/mol. The zero-order valence-electron chi connectivity index (χ0n) is 10.5. The fourth-order valence-electron chi connectivity index (χ4n) is 1.78. The molecule has 0 radical (unpaired) electrons. The summed E-state index contributed by atoms with van der Waals surface area (Å²) in [7, 11) is 0. The molecule has 0 aliphatic rings. The normalized spacial score (nSPS) is 10.3. The van der Waals surface area contributed by atoms with Gasteiger partial charge in [-0.25, -0.2) is 0 Å². The van der Waals surface area contributed by atoms with Crippen molar-refractivity contribution in [2.75, 3.05) is 0 Å². The SMILES string of the molecule is Cc1ccc(S)cc1C(=O)NCc1cccc(Br)c1. The number of hydrogen-bond donors (Lipinski definition) is 2. The minimum atomic E-state index is -0.0756. The van der Waals surface area contributed by atoms with E-state index in [9.17, 15) is 4.79 Å². The first-order chi connectivity index (χ1) is 9.06. The Bertz CT molecular complexity index is 613. The van der Waals surface area contributed by atoms with Crippen LogP contribution in [-0.2, 0) is 6.54 Å². The molecule has 19 heavy (non-hydrogen) atoms. The summed E-state index contributed by atoms with van der Waals surface area (Å²) in [6.07, 6.45) is 0. The summed E-state index contributed by atoms with van der Waals surface area (Å²) in [5, 5.41) is 2.92. The molecule has 0 bridgehead atoms. The molecule has 2 rings (SSSR count). The second-order valence-electron chi connectivity index (χ2n) is 4.31. The second kappa shape index (κ2) is 6.26. The number of carbonyl (C=O) groups is 1. The largest absolute Gasteiger partial charge is 0.348 e. The molecule has 0 unspecified atom stereocenters. The summed E-state index contributed by atoms with van der Waals surface area (Å²) < 4.78 is 1.01. The molecule has 0 saturated heterocycles. The van der Waals surface area contributed by atoms with E-state index in [1.807, 2.05) is 43.3 Å². The Morgan fingerprint density at radius 2 is 2.05 bits per heavy atom. The van der Waals surface area contributed by atoms with Crippen molar-refractivity contribution in [1.29, 1.82) is 0 Å². The highest BCUT2D eigenvalue weighted by Crippen LogP contribution is 2.15. The minimum absolute atomic E-state index is 0.0756. The highest BCUT2D eigenvalue weighted by Gasteiger charge is 2.08. The first-order valence-corrected chi connectivity index (χ1v) is 7.12. The first-order valence-electron chi connectivity index (χ1n) is 5.88. The Balaban J connectivity index is 2.07. The number of amides is 1. The number of carbonyl (C=O) groups excluding carboxylic acids is 1. The Labute approximate surface area is 126 Å². The standard InChI is InChI=1S/C15H14BrNOS/c1-10-5-6-13(19)8-14(10)15(18)17-9-11-3-2-4-12(16)7-11/h2-8,19H,9H2,1H3,(H,17,18). The number of aryl methyl sites for hydroxylation is 1. The highest BCUT2D eigenvalue weighted by atomic mass is 79.9. The predicted octanol–water partition coefficient (Wildman–Crippen LogP) is 3.98. The fraction of sp³-hybridized carbons (Fsp3) is 0.133. The molecule has 0 aromatic heterocycles. The van der Waals surface area contributed by atoms with Crippen LogP contribution >= 0.6 is 28.6 Å². The van der Waals surface area contributed by atoms with Gasteiger partial charge in [-0.05, 0) is 42.3 Å². The van der Waals surface area contributed by atoms with E-state index in [1.54, 1.807) is 6.07 Å². The van der Waals surface area contributed by atoms with Gasteiger partial charge in [-0.2, -0.15) is 0 Å². The van der Waals surface area contributed by atoms with E-state index < -0.39 is 0 Å². The molecule has 0 atom stereocenters. The number of rotatable bonds is 3. The van der Waals surface area contributed by atoms with Crippen molar-refractivity contribution in [3.8, 4) is 0 Å². The van der Waals surface area contributed by atoms with Crippen LogP contribution in [0.2, 0.25) is 0 Å². The first kappa shape index (κ1) is 14.2. The number of benzene rings is 2. The van der Waals surface area contributed by atoms with Gasteiger partial charge in [0.1, 0.15) is 0 Å². The molecular formula is C15H14BrNOS. The third-order valence-corrected chi connectivity index (χ3v) is 3.58. The van der Waals surface area contributed by atoms with Gasteiger partial charge in [0.25, 0.3) is 5.91 Å².